The summed E-state index contributed by atoms with van der Waals surface area (Å²) in [5, 5.41) is 2.85. The first-order valence-electron chi connectivity index (χ1n) is 7.37. The molecule has 2 heterocycles. The van der Waals surface area contributed by atoms with E-state index >= 15 is 0 Å². The molecule has 1 aliphatic rings. The first-order valence-corrected chi connectivity index (χ1v) is 7.37. The maximum atomic E-state index is 11.9. The van der Waals surface area contributed by atoms with Gasteiger partial charge in [0.1, 0.15) is 6.33 Å². The zero-order chi connectivity index (χ0) is 14.7. The van der Waals surface area contributed by atoms with E-state index in [1.165, 1.54) is 29.4 Å². The van der Waals surface area contributed by atoms with E-state index in [4.69, 9.17) is 0 Å². The van der Waals surface area contributed by atoms with Crippen LogP contribution in [0.4, 0.5) is 16.2 Å². The normalized spacial score (nSPS) is 16.0. The zero-order valence-corrected chi connectivity index (χ0v) is 12.2. The van der Waals surface area contributed by atoms with Crippen LogP contribution in [-0.4, -0.2) is 28.7 Å². The van der Waals surface area contributed by atoms with Gasteiger partial charge in [-0.2, -0.15) is 0 Å². The van der Waals surface area contributed by atoms with Gasteiger partial charge in [0.15, 0.2) is 0 Å². The van der Waals surface area contributed by atoms with Crippen molar-refractivity contribution in [3.8, 4) is 0 Å². The van der Waals surface area contributed by atoms with Crippen molar-refractivity contribution in [2.24, 2.45) is 5.92 Å². The molecule has 0 spiro atoms. The number of aromatic nitrogens is 2. The maximum Gasteiger partial charge on any atom is 0.331 e. The van der Waals surface area contributed by atoms with Gasteiger partial charge in [-0.3, -0.25) is 4.57 Å². The molecule has 5 nitrogen and oxygen atoms in total. The predicted molar refractivity (Wildman–Crippen MR) is 83.7 cm³/mol. The third-order valence-electron chi connectivity index (χ3n) is 4.01. The lowest BCUT2D eigenvalue weighted by atomic mass is 9.99. The summed E-state index contributed by atoms with van der Waals surface area (Å²) in [6.07, 6.45) is 7.19. The number of carbonyl (C=O) groups excluding carboxylic acids is 1. The van der Waals surface area contributed by atoms with Crippen LogP contribution >= 0.6 is 0 Å². The van der Waals surface area contributed by atoms with Crippen molar-refractivity contribution in [3.05, 3.63) is 43.0 Å². The summed E-state index contributed by atoms with van der Waals surface area (Å²) in [5.74, 6) is 0.829. The number of piperidine rings is 1. The molecule has 0 aliphatic carbocycles. The molecule has 1 aliphatic heterocycles. The highest BCUT2D eigenvalue weighted by Gasteiger charge is 2.15. The Morgan fingerprint density at radius 1 is 1.24 bits per heavy atom. The SMILES string of the molecule is CC1CCN(c2ccc(NC(=O)n3ccnc3)cc2)CC1. The fraction of sp³-hybridized carbons (Fsp3) is 0.375. The average molecular weight is 284 g/mol. The van der Waals surface area contributed by atoms with Crippen molar-refractivity contribution >= 4 is 17.4 Å². The number of nitrogens with zero attached hydrogens (tertiary/aromatic N) is 3. The van der Waals surface area contributed by atoms with E-state index < -0.39 is 0 Å². The van der Waals surface area contributed by atoms with Crippen LogP contribution in [0.5, 0.6) is 0 Å². The summed E-state index contributed by atoms with van der Waals surface area (Å²) in [4.78, 5) is 18.2. The predicted octanol–water partition coefficient (Wildman–Crippen LogP) is 3.20. The molecule has 2 aromatic rings. The summed E-state index contributed by atoms with van der Waals surface area (Å²) >= 11 is 0. The minimum atomic E-state index is -0.202. The first-order chi connectivity index (χ1) is 10.2. The highest BCUT2D eigenvalue weighted by molar-refractivity contribution is 5.91. The minimum Gasteiger partial charge on any atom is -0.372 e. The molecular weight excluding hydrogens is 264 g/mol. The summed E-state index contributed by atoms with van der Waals surface area (Å²) < 4.78 is 1.42. The van der Waals surface area contributed by atoms with Gasteiger partial charge in [0.25, 0.3) is 0 Å². The van der Waals surface area contributed by atoms with Crippen LogP contribution in [0.1, 0.15) is 19.8 Å². The van der Waals surface area contributed by atoms with Crippen LogP contribution in [-0.2, 0) is 0 Å². The lowest BCUT2D eigenvalue weighted by Gasteiger charge is -2.32. The fourth-order valence-electron chi connectivity index (χ4n) is 2.59. The molecule has 21 heavy (non-hydrogen) atoms. The molecule has 110 valence electrons. The largest absolute Gasteiger partial charge is 0.372 e. The number of anilines is 2. The van der Waals surface area contributed by atoms with Crippen molar-refractivity contribution in [2.75, 3.05) is 23.3 Å². The monoisotopic (exact) mass is 284 g/mol. The molecule has 1 aromatic carbocycles. The highest BCUT2D eigenvalue weighted by atomic mass is 16.2. The lowest BCUT2D eigenvalue weighted by molar-refractivity contribution is 0.253. The Bertz CT molecular complexity index is 583. The van der Waals surface area contributed by atoms with Crippen LogP contribution in [0.2, 0.25) is 0 Å². The van der Waals surface area contributed by atoms with Crippen molar-refractivity contribution in [2.45, 2.75) is 19.8 Å². The first kappa shape index (κ1) is 13.7. The molecule has 0 saturated carbocycles. The molecule has 1 fully saturated rings. The molecule has 1 aromatic heterocycles. The zero-order valence-electron chi connectivity index (χ0n) is 12.2. The molecule has 3 rings (SSSR count). The molecule has 1 N–H and O–H groups in total. The molecule has 0 bridgehead atoms. The van der Waals surface area contributed by atoms with Gasteiger partial charge in [-0.1, -0.05) is 6.92 Å². The second-order valence-corrected chi connectivity index (χ2v) is 5.62. The van der Waals surface area contributed by atoms with E-state index in [9.17, 15) is 4.79 Å². The Hall–Kier alpha value is -2.30. The lowest BCUT2D eigenvalue weighted by Crippen LogP contribution is -2.32. The molecule has 0 unspecified atom stereocenters. The summed E-state index contributed by atoms with van der Waals surface area (Å²) in [6, 6.07) is 7.83. The number of hydrogen-bond acceptors (Lipinski definition) is 3. The van der Waals surface area contributed by atoms with Gasteiger partial charge in [-0.05, 0) is 43.0 Å². The van der Waals surface area contributed by atoms with Crippen LogP contribution in [0.25, 0.3) is 0 Å². The fourth-order valence-corrected chi connectivity index (χ4v) is 2.59. The van der Waals surface area contributed by atoms with Crippen molar-refractivity contribution in [1.82, 2.24) is 9.55 Å². The van der Waals surface area contributed by atoms with E-state index in [1.807, 2.05) is 12.1 Å². The van der Waals surface area contributed by atoms with Crippen molar-refractivity contribution in [1.29, 1.82) is 0 Å². The van der Waals surface area contributed by atoms with E-state index in [1.54, 1.807) is 12.4 Å². The van der Waals surface area contributed by atoms with E-state index in [2.05, 4.69) is 34.3 Å². The molecule has 1 saturated heterocycles. The highest BCUT2D eigenvalue weighted by Crippen LogP contribution is 2.24. The standard InChI is InChI=1S/C16H20N4O/c1-13-6-9-19(10-7-13)15-4-2-14(3-5-15)18-16(21)20-11-8-17-12-20/h2-5,8,11-13H,6-7,9-10H2,1H3,(H,18,21). The number of imidazole rings is 1. The van der Waals surface area contributed by atoms with Crippen molar-refractivity contribution < 1.29 is 4.79 Å². The average Bonchev–Trinajstić information content (AvgIpc) is 3.03. The molecule has 1 amide bonds. The third-order valence-corrected chi connectivity index (χ3v) is 4.01. The molecule has 5 heteroatoms. The number of nitrogens with one attached hydrogen (secondary N) is 1. The van der Waals surface area contributed by atoms with Crippen LogP contribution < -0.4 is 10.2 Å². The Labute approximate surface area is 124 Å². The van der Waals surface area contributed by atoms with Crippen LogP contribution in [0.15, 0.2) is 43.0 Å². The van der Waals surface area contributed by atoms with Gasteiger partial charge >= 0.3 is 6.03 Å². The molecule has 0 radical (unpaired) electrons. The minimum absolute atomic E-state index is 0.202. The van der Waals surface area contributed by atoms with E-state index in [0.717, 1.165) is 24.7 Å². The van der Waals surface area contributed by atoms with Gasteiger partial charge in [-0.15, -0.1) is 0 Å². The number of amides is 1. The van der Waals surface area contributed by atoms with Gasteiger partial charge in [0, 0.05) is 36.9 Å². The van der Waals surface area contributed by atoms with Crippen molar-refractivity contribution in [3.63, 3.8) is 0 Å². The third kappa shape index (κ3) is 3.24. The quantitative estimate of drug-likeness (QED) is 0.921. The van der Waals surface area contributed by atoms with Gasteiger partial charge in [0.05, 0.1) is 0 Å². The van der Waals surface area contributed by atoms with Gasteiger partial charge < -0.3 is 10.2 Å². The Kier molecular flexibility index (Phi) is 3.90. The molecular formula is C16H20N4O. The van der Waals surface area contributed by atoms with Crippen LogP contribution in [0, 0.1) is 5.92 Å². The summed E-state index contributed by atoms with van der Waals surface area (Å²) in [5.41, 5.74) is 2.02. The van der Waals surface area contributed by atoms with Gasteiger partial charge in [0.2, 0.25) is 0 Å². The molecule has 0 atom stereocenters. The van der Waals surface area contributed by atoms with E-state index in [0.29, 0.717) is 0 Å². The second-order valence-electron chi connectivity index (χ2n) is 5.62. The van der Waals surface area contributed by atoms with Gasteiger partial charge in [-0.25, -0.2) is 9.78 Å². The topological polar surface area (TPSA) is 50.2 Å². The summed E-state index contributed by atoms with van der Waals surface area (Å²) in [7, 11) is 0. The number of carbonyl (C=O) groups is 1. The Balaban J connectivity index is 1.63. The Morgan fingerprint density at radius 2 is 1.95 bits per heavy atom. The second kappa shape index (κ2) is 5.99. The number of rotatable bonds is 2. The smallest absolute Gasteiger partial charge is 0.331 e. The summed E-state index contributed by atoms with van der Waals surface area (Å²) in [6.45, 7) is 4.54. The Morgan fingerprint density at radius 3 is 2.57 bits per heavy atom. The maximum absolute atomic E-state index is 11.9. The van der Waals surface area contributed by atoms with E-state index in [-0.39, 0.29) is 6.03 Å². The number of benzene rings is 1. The number of hydrogen-bond donors (Lipinski definition) is 1. The van der Waals surface area contributed by atoms with Crippen LogP contribution in [0.3, 0.4) is 0 Å².